The molecular weight excluding hydrogens is 434 g/mol. The summed E-state index contributed by atoms with van der Waals surface area (Å²) in [5.74, 6) is 1.22. The molecular formula is C31H43NO3. The van der Waals surface area contributed by atoms with Crippen LogP contribution in [0.5, 0.6) is 5.75 Å². The van der Waals surface area contributed by atoms with E-state index in [9.17, 15) is 9.90 Å². The summed E-state index contributed by atoms with van der Waals surface area (Å²) in [5, 5.41) is 15.9. The molecule has 4 aliphatic rings. The number of fused-ring (bicyclic) bond motifs is 4. The van der Waals surface area contributed by atoms with Crippen LogP contribution in [-0.4, -0.2) is 22.7 Å². The number of hydrogen-bond acceptors (Lipinski definition) is 3. The number of carboxylic acids is 1. The minimum atomic E-state index is -0.586. The topological polar surface area (TPSA) is 58.6 Å². The van der Waals surface area contributed by atoms with Gasteiger partial charge in [0.25, 0.3) is 0 Å². The third-order valence-electron chi connectivity index (χ3n) is 10.2. The van der Waals surface area contributed by atoms with Crippen LogP contribution in [0.2, 0.25) is 0 Å². The van der Waals surface area contributed by atoms with E-state index in [1.165, 1.54) is 35.6 Å². The highest BCUT2D eigenvalue weighted by molar-refractivity contribution is 5.84. The molecule has 0 unspecified atom stereocenters. The van der Waals surface area contributed by atoms with E-state index in [0.29, 0.717) is 11.5 Å². The highest BCUT2D eigenvalue weighted by Gasteiger charge is 2.52. The monoisotopic (exact) mass is 477 g/mol. The summed E-state index contributed by atoms with van der Waals surface area (Å²) in [5.41, 5.74) is 1.40. The molecule has 2 bridgehead atoms. The molecule has 4 saturated carbocycles. The van der Waals surface area contributed by atoms with Crippen molar-refractivity contribution < 1.29 is 14.6 Å². The van der Waals surface area contributed by atoms with Crippen molar-refractivity contribution in [3.63, 3.8) is 0 Å². The summed E-state index contributed by atoms with van der Waals surface area (Å²) in [7, 11) is 0. The number of ether oxygens (including phenoxy) is 1. The second-order valence-electron chi connectivity index (χ2n) is 12.5. The quantitative estimate of drug-likeness (QED) is 0.414. The molecule has 0 amide bonds. The first-order chi connectivity index (χ1) is 16.7. The fourth-order valence-corrected chi connectivity index (χ4v) is 6.96. The van der Waals surface area contributed by atoms with Gasteiger partial charge in [-0.1, -0.05) is 45.4 Å². The molecule has 0 aliphatic heterocycles. The van der Waals surface area contributed by atoms with Crippen LogP contribution in [0.4, 0.5) is 0 Å². The van der Waals surface area contributed by atoms with Gasteiger partial charge in [-0.25, -0.2) is 0 Å². The Labute approximate surface area is 210 Å². The van der Waals surface area contributed by atoms with Gasteiger partial charge in [-0.2, -0.15) is 0 Å². The molecule has 35 heavy (non-hydrogen) atoms. The highest BCUT2D eigenvalue weighted by Crippen LogP contribution is 2.52. The Kier molecular flexibility index (Phi) is 6.63. The summed E-state index contributed by atoms with van der Waals surface area (Å²) < 4.78 is 6.42. The molecule has 0 atom stereocenters. The lowest BCUT2D eigenvalue weighted by molar-refractivity contribution is -0.156. The molecule has 4 aliphatic carbocycles. The van der Waals surface area contributed by atoms with E-state index >= 15 is 0 Å². The normalized spacial score (nSPS) is 30.9. The maximum atomic E-state index is 11.7. The first kappa shape index (κ1) is 24.6. The van der Waals surface area contributed by atoms with Gasteiger partial charge >= 0.3 is 5.97 Å². The molecule has 0 heterocycles. The van der Waals surface area contributed by atoms with Gasteiger partial charge in [0.1, 0.15) is 5.75 Å². The van der Waals surface area contributed by atoms with Crippen molar-refractivity contribution in [3.8, 4) is 5.75 Å². The summed E-state index contributed by atoms with van der Waals surface area (Å²) in [6.45, 7) is 7.99. The molecule has 2 aromatic carbocycles. The van der Waals surface area contributed by atoms with Crippen molar-refractivity contribution in [1.29, 1.82) is 0 Å². The van der Waals surface area contributed by atoms with Crippen LogP contribution in [-0.2, 0) is 11.3 Å². The first-order valence-corrected chi connectivity index (χ1v) is 13.9. The van der Waals surface area contributed by atoms with Crippen molar-refractivity contribution in [2.45, 2.75) is 110 Å². The number of hydrogen-bond donors (Lipinski definition) is 2. The Morgan fingerprint density at radius 2 is 1.60 bits per heavy atom. The Hall–Kier alpha value is -2.07. The number of carboxylic acid groups (broad SMARTS) is 1. The van der Waals surface area contributed by atoms with Crippen LogP contribution in [0, 0.1) is 16.7 Å². The predicted octanol–water partition coefficient (Wildman–Crippen LogP) is 7.48. The zero-order valence-electron chi connectivity index (χ0n) is 21.9. The van der Waals surface area contributed by atoms with Gasteiger partial charge in [-0.3, -0.25) is 4.79 Å². The van der Waals surface area contributed by atoms with Crippen LogP contribution >= 0.6 is 0 Å². The minimum Gasteiger partial charge on any atom is -0.490 e. The molecule has 6 rings (SSSR count). The Bertz CT molecular complexity index is 1040. The second kappa shape index (κ2) is 9.42. The summed E-state index contributed by atoms with van der Waals surface area (Å²) >= 11 is 0. The standard InChI is InChI=1S/C31H43NO3/c1-4-29(2,3)25-8-11-26(12-9-25)35-27-10-7-23-19-22(5-6-24(23)20-27)21-32-31-16-13-30(14-17-31,15-18-31)28(33)34/h5-7,10,19-20,25-26,32H,4,8-9,11-18,21H2,1-3H3,(H,33,34). The van der Waals surface area contributed by atoms with E-state index in [0.717, 1.165) is 69.6 Å². The Morgan fingerprint density at radius 1 is 0.971 bits per heavy atom. The van der Waals surface area contributed by atoms with Crippen molar-refractivity contribution >= 4 is 16.7 Å². The fraction of sp³-hybridized carbons (Fsp3) is 0.645. The highest BCUT2D eigenvalue weighted by atomic mass is 16.5. The zero-order chi connectivity index (χ0) is 24.7. The number of benzene rings is 2. The Morgan fingerprint density at radius 3 is 2.23 bits per heavy atom. The number of aliphatic carboxylic acids is 1. The van der Waals surface area contributed by atoms with Crippen molar-refractivity contribution in [3.05, 3.63) is 42.0 Å². The van der Waals surface area contributed by atoms with Gasteiger partial charge < -0.3 is 15.2 Å². The third-order valence-corrected chi connectivity index (χ3v) is 10.2. The van der Waals surface area contributed by atoms with Crippen LogP contribution in [0.25, 0.3) is 10.8 Å². The van der Waals surface area contributed by atoms with E-state index in [-0.39, 0.29) is 5.54 Å². The lowest BCUT2D eigenvalue weighted by atomic mass is 9.57. The van der Waals surface area contributed by atoms with Gasteiger partial charge in [-0.15, -0.1) is 0 Å². The average Bonchev–Trinajstić information content (AvgIpc) is 2.89. The third kappa shape index (κ3) is 4.96. The number of nitrogens with one attached hydrogen (secondary N) is 1. The van der Waals surface area contributed by atoms with E-state index < -0.39 is 11.4 Å². The fourth-order valence-electron chi connectivity index (χ4n) is 6.96. The SMILES string of the molecule is CCC(C)(C)C1CCC(Oc2ccc3cc(CNC45CCC(C(=O)O)(CC4)CC5)ccc3c2)CC1. The van der Waals surface area contributed by atoms with Crippen molar-refractivity contribution in [2.75, 3.05) is 0 Å². The van der Waals surface area contributed by atoms with Gasteiger partial charge in [0.2, 0.25) is 0 Å². The second-order valence-corrected chi connectivity index (χ2v) is 12.5. The predicted molar refractivity (Wildman–Crippen MR) is 142 cm³/mol. The average molecular weight is 478 g/mol. The smallest absolute Gasteiger partial charge is 0.309 e. The molecule has 0 radical (unpaired) electrons. The van der Waals surface area contributed by atoms with Gasteiger partial charge in [0.15, 0.2) is 0 Å². The lowest BCUT2D eigenvalue weighted by Gasteiger charge is -2.51. The van der Waals surface area contributed by atoms with Gasteiger partial charge in [0.05, 0.1) is 11.5 Å². The van der Waals surface area contributed by atoms with E-state index in [1.54, 1.807) is 0 Å². The maximum Gasteiger partial charge on any atom is 0.309 e. The van der Waals surface area contributed by atoms with E-state index in [1.807, 2.05) is 0 Å². The van der Waals surface area contributed by atoms with Crippen LogP contribution in [0.3, 0.4) is 0 Å². The molecule has 2 N–H and O–H groups in total. The number of carbonyl (C=O) groups is 1. The van der Waals surface area contributed by atoms with Crippen molar-refractivity contribution in [1.82, 2.24) is 5.32 Å². The summed E-state index contributed by atoms with van der Waals surface area (Å²) in [6, 6.07) is 13.2. The van der Waals surface area contributed by atoms with E-state index in [4.69, 9.17) is 4.74 Å². The molecule has 4 heteroatoms. The zero-order valence-corrected chi connectivity index (χ0v) is 21.9. The Balaban J connectivity index is 1.17. The molecule has 4 fully saturated rings. The van der Waals surface area contributed by atoms with Crippen LogP contribution in [0.15, 0.2) is 36.4 Å². The molecule has 0 saturated heterocycles. The van der Waals surface area contributed by atoms with Gasteiger partial charge in [0, 0.05) is 12.1 Å². The van der Waals surface area contributed by atoms with Crippen molar-refractivity contribution in [2.24, 2.45) is 16.7 Å². The van der Waals surface area contributed by atoms with E-state index in [2.05, 4.69) is 62.5 Å². The van der Waals surface area contributed by atoms with Crippen LogP contribution in [0.1, 0.15) is 97.0 Å². The maximum absolute atomic E-state index is 11.7. The number of rotatable bonds is 8. The molecule has 190 valence electrons. The molecule has 0 aromatic heterocycles. The largest absolute Gasteiger partial charge is 0.490 e. The molecule has 4 nitrogen and oxygen atoms in total. The first-order valence-electron chi connectivity index (χ1n) is 13.9. The molecule has 0 spiro atoms. The lowest BCUT2D eigenvalue weighted by Crippen LogP contribution is -2.56. The summed E-state index contributed by atoms with van der Waals surface area (Å²) in [4.78, 5) is 11.7. The van der Waals surface area contributed by atoms with Crippen LogP contribution < -0.4 is 10.1 Å². The molecule has 2 aromatic rings. The minimum absolute atomic E-state index is 0.120. The van der Waals surface area contributed by atoms with Gasteiger partial charge in [-0.05, 0) is 110 Å². The summed E-state index contributed by atoms with van der Waals surface area (Å²) in [6.07, 6.45) is 11.8.